The van der Waals surface area contributed by atoms with Crippen molar-refractivity contribution in [2.45, 2.75) is 12.5 Å². The zero-order valence-corrected chi connectivity index (χ0v) is 8.61. The van der Waals surface area contributed by atoms with Crippen molar-refractivity contribution < 1.29 is 9.47 Å². The minimum atomic E-state index is 0.148. The van der Waals surface area contributed by atoms with Gasteiger partial charge in [-0.1, -0.05) is 30.0 Å². The van der Waals surface area contributed by atoms with Crippen LogP contribution in [0.3, 0.4) is 0 Å². The quantitative estimate of drug-likeness (QED) is 0.647. The van der Waals surface area contributed by atoms with E-state index in [9.17, 15) is 0 Å². The van der Waals surface area contributed by atoms with Gasteiger partial charge in [-0.25, -0.2) is 0 Å². The zero-order valence-electron chi connectivity index (χ0n) is 8.61. The fourth-order valence-electron chi connectivity index (χ4n) is 1.44. The zero-order chi connectivity index (χ0) is 10.3. The summed E-state index contributed by atoms with van der Waals surface area (Å²) in [5.74, 6) is 6.22. The summed E-state index contributed by atoms with van der Waals surface area (Å²) in [5.41, 5.74) is 1.05. The number of benzene rings is 1. The van der Waals surface area contributed by atoms with Crippen LogP contribution in [-0.4, -0.2) is 25.9 Å². The Kier molecular flexibility index (Phi) is 3.78. The van der Waals surface area contributed by atoms with Crippen molar-refractivity contribution in [2.75, 3.05) is 19.8 Å². The first-order valence-electron chi connectivity index (χ1n) is 5.18. The van der Waals surface area contributed by atoms with Gasteiger partial charge in [-0.15, -0.1) is 0 Å². The van der Waals surface area contributed by atoms with Gasteiger partial charge in [0.05, 0.1) is 25.9 Å². The largest absolute Gasteiger partial charge is 0.376 e. The van der Waals surface area contributed by atoms with Gasteiger partial charge < -0.3 is 9.47 Å². The van der Waals surface area contributed by atoms with Crippen molar-refractivity contribution >= 4 is 0 Å². The highest BCUT2D eigenvalue weighted by atomic mass is 16.6. The van der Waals surface area contributed by atoms with Crippen LogP contribution in [0.25, 0.3) is 0 Å². The predicted octanol–water partition coefficient (Wildman–Crippen LogP) is 1.84. The molecule has 2 heteroatoms. The summed E-state index contributed by atoms with van der Waals surface area (Å²) < 4.78 is 10.8. The average molecular weight is 202 g/mol. The van der Waals surface area contributed by atoms with Crippen molar-refractivity contribution in [2.24, 2.45) is 0 Å². The van der Waals surface area contributed by atoms with Crippen LogP contribution in [0.4, 0.5) is 0 Å². The molecule has 78 valence electrons. The standard InChI is InChI=1S/C13H14O2/c1-2-5-12(6-3-1)7-4-8-13-11-14-9-10-15-13/h1-3,5-6,13H,8-11H2. The van der Waals surface area contributed by atoms with Crippen molar-refractivity contribution in [1.82, 2.24) is 0 Å². The minimum absolute atomic E-state index is 0.148. The van der Waals surface area contributed by atoms with E-state index in [-0.39, 0.29) is 6.10 Å². The lowest BCUT2D eigenvalue weighted by atomic mass is 10.2. The van der Waals surface area contributed by atoms with Crippen LogP contribution in [0.15, 0.2) is 30.3 Å². The van der Waals surface area contributed by atoms with Crippen LogP contribution < -0.4 is 0 Å². The van der Waals surface area contributed by atoms with Gasteiger partial charge in [0.2, 0.25) is 0 Å². The number of rotatable bonds is 1. The van der Waals surface area contributed by atoms with Gasteiger partial charge in [-0.05, 0) is 12.1 Å². The average Bonchev–Trinajstić information content (AvgIpc) is 2.32. The highest BCUT2D eigenvalue weighted by molar-refractivity contribution is 5.33. The Hall–Kier alpha value is -1.30. The van der Waals surface area contributed by atoms with E-state index in [0.717, 1.165) is 12.0 Å². The molecule has 0 spiro atoms. The van der Waals surface area contributed by atoms with Crippen molar-refractivity contribution in [3.8, 4) is 11.8 Å². The molecule has 1 saturated heterocycles. The maximum absolute atomic E-state index is 5.49. The monoisotopic (exact) mass is 202 g/mol. The first-order chi connectivity index (χ1) is 7.45. The lowest BCUT2D eigenvalue weighted by Crippen LogP contribution is -2.27. The first kappa shape index (κ1) is 10.2. The number of ether oxygens (including phenoxy) is 2. The molecule has 0 radical (unpaired) electrons. The molecular formula is C13H14O2. The van der Waals surface area contributed by atoms with E-state index in [0.29, 0.717) is 19.8 Å². The molecule has 0 amide bonds. The lowest BCUT2D eigenvalue weighted by molar-refractivity contribution is -0.0853. The van der Waals surface area contributed by atoms with Gasteiger partial charge in [-0.2, -0.15) is 0 Å². The third-order valence-corrected chi connectivity index (χ3v) is 2.22. The molecule has 1 heterocycles. The molecule has 1 aromatic carbocycles. The number of hydrogen-bond acceptors (Lipinski definition) is 2. The maximum atomic E-state index is 5.49. The van der Waals surface area contributed by atoms with Crippen molar-refractivity contribution in [3.05, 3.63) is 35.9 Å². The Morgan fingerprint density at radius 1 is 1.20 bits per heavy atom. The third-order valence-electron chi connectivity index (χ3n) is 2.22. The molecule has 1 aliphatic rings. The van der Waals surface area contributed by atoms with Crippen LogP contribution in [0, 0.1) is 11.8 Å². The Labute approximate surface area is 90.2 Å². The number of hydrogen-bond donors (Lipinski definition) is 0. The van der Waals surface area contributed by atoms with Gasteiger partial charge in [0.25, 0.3) is 0 Å². The fourth-order valence-corrected chi connectivity index (χ4v) is 1.44. The van der Waals surface area contributed by atoms with Crippen molar-refractivity contribution in [1.29, 1.82) is 0 Å². The van der Waals surface area contributed by atoms with Gasteiger partial charge in [0.15, 0.2) is 0 Å². The molecule has 1 unspecified atom stereocenters. The van der Waals surface area contributed by atoms with Crippen molar-refractivity contribution in [3.63, 3.8) is 0 Å². The summed E-state index contributed by atoms with van der Waals surface area (Å²) in [5, 5.41) is 0. The summed E-state index contributed by atoms with van der Waals surface area (Å²) in [4.78, 5) is 0. The van der Waals surface area contributed by atoms with Gasteiger partial charge in [0, 0.05) is 12.0 Å². The van der Waals surface area contributed by atoms with E-state index in [2.05, 4.69) is 11.8 Å². The smallest absolute Gasteiger partial charge is 0.0918 e. The highest BCUT2D eigenvalue weighted by Gasteiger charge is 2.11. The molecule has 1 atom stereocenters. The Bertz CT molecular complexity index is 342. The summed E-state index contributed by atoms with van der Waals surface area (Å²) in [6.07, 6.45) is 0.893. The first-order valence-corrected chi connectivity index (χ1v) is 5.18. The van der Waals surface area contributed by atoms with Crippen LogP contribution >= 0.6 is 0 Å². The summed E-state index contributed by atoms with van der Waals surface area (Å²) in [7, 11) is 0. The van der Waals surface area contributed by atoms with E-state index in [1.54, 1.807) is 0 Å². The molecule has 2 rings (SSSR count). The molecule has 15 heavy (non-hydrogen) atoms. The predicted molar refractivity (Wildman–Crippen MR) is 58.5 cm³/mol. The van der Waals surface area contributed by atoms with Gasteiger partial charge >= 0.3 is 0 Å². The normalized spacial score (nSPS) is 20.4. The van der Waals surface area contributed by atoms with E-state index in [1.165, 1.54) is 0 Å². The molecular weight excluding hydrogens is 188 g/mol. The SMILES string of the molecule is C(#Cc1ccccc1)CC1COCCO1. The molecule has 2 nitrogen and oxygen atoms in total. The Morgan fingerprint density at radius 3 is 2.80 bits per heavy atom. The summed E-state index contributed by atoms with van der Waals surface area (Å²) in [6, 6.07) is 9.98. The Morgan fingerprint density at radius 2 is 2.07 bits per heavy atom. The minimum Gasteiger partial charge on any atom is -0.376 e. The second-order valence-electron chi connectivity index (χ2n) is 3.44. The lowest BCUT2D eigenvalue weighted by Gasteiger charge is -2.20. The molecule has 0 aromatic heterocycles. The van der Waals surface area contributed by atoms with E-state index in [1.807, 2.05) is 30.3 Å². The molecule has 0 N–H and O–H groups in total. The van der Waals surface area contributed by atoms with E-state index < -0.39 is 0 Å². The summed E-state index contributed by atoms with van der Waals surface area (Å²) in [6.45, 7) is 2.07. The van der Waals surface area contributed by atoms with Crippen LogP contribution in [-0.2, 0) is 9.47 Å². The molecule has 1 fully saturated rings. The van der Waals surface area contributed by atoms with Gasteiger partial charge in [0.1, 0.15) is 0 Å². The third kappa shape index (κ3) is 3.39. The molecule has 0 aliphatic carbocycles. The van der Waals surface area contributed by atoms with Gasteiger partial charge in [-0.3, -0.25) is 0 Å². The van der Waals surface area contributed by atoms with Crippen LogP contribution in [0.5, 0.6) is 0 Å². The molecule has 0 bridgehead atoms. The van der Waals surface area contributed by atoms with Crippen LogP contribution in [0.1, 0.15) is 12.0 Å². The second-order valence-corrected chi connectivity index (χ2v) is 3.44. The summed E-state index contributed by atoms with van der Waals surface area (Å²) >= 11 is 0. The molecule has 0 saturated carbocycles. The van der Waals surface area contributed by atoms with E-state index in [4.69, 9.17) is 9.47 Å². The topological polar surface area (TPSA) is 18.5 Å². The second kappa shape index (κ2) is 5.55. The molecule has 1 aromatic rings. The Balaban J connectivity index is 1.84. The maximum Gasteiger partial charge on any atom is 0.0918 e. The highest BCUT2D eigenvalue weighted by Crippen LogP contribution is 2.04. The fraction of sp³-hybridized carbons (Fsp3) is 0.385. The molecule has 1 aliphatic heterocycles. The van der Waals surface area contributed by atoms with Crippen LogP contribution in [0.2, 0.25) is 0 Å². The van der Waals surface area contributed by atoms with E-state index >= 15 is 0 Å².